The monoisotopic (exact) mass is 345 g/mol. The zero-order valence-electron chi connectivity index (χ0n) is 15.5. The molecule has 0 saturated heterocycles. The van der Waals surface area contributed by atoms with E-state index in [1.165, 1.54) is 32.1 Å². The van der Waals surface area contributed by atoms with Gasteiger partial charge in [-0.3, -0.25) is 4.99 Å². The molecule has 1 fully saturated rings. The first-order valence-corrected chi connectivity index (χ1v) is 10.6. The van der Waals surface area contributed by atoms with E-state index in [1.807, 2.05) is 6.92 Å². The topological polar surface area (TPSA) is 70.6 Å². The first-order chi connectivity index (χ1) is 10.7. The fourth-order valence-electron chi connectivity index (χ4n) is 2.89. The highest BCUT2D eigenvalue weighted by Crippen LogP contribution is 2.26. The first-order valence-electron chi connectivity index (χ1n) is 8.96. The van der Waals surface area contributed by atoms with Crippen LogP contribution in [-0.2, 0) is 9.84 Å². The van der Waals surface area contributed by atoms with E-state index >= 15 is 0 Å². The molecule has 0 aliphatic heterocycles. The fraction of sp³-hybridized carbons (Fsp3) is 0.941. The number of hydrogen-bond acceptors (Lipinski definition) is 3. The Hall–Kier alpha value is -0.780. The van der Waals surface area contributed by atoms with Gasteiger partial charge in [0.05, 0.1) is 17.0 Å². The van der Waals surface area contributed by atoms with Gasteiger partial charge in [0, 0.05) is 12.6 Å². The first kappa shape index (κ1) is 20.3. The van der Waals surface area contributed by atoms with Crippen molar-refractivity contribution in [3.8, 4) is 0 Å². The summed E-state index contributed by atoms with van der Waals surface area (Å²) in [7, 11) is -3.12. The third-order valence-electron chi connectivity index (χ3n) is 4.61. The maximum Gasteiger partial charge on any atom is 0.191 e. The normalized spacial score (nSPS) is 23.6. The van der Waals surface area contributed by atoms with Crippen LogP contribution in [0.2, 0.25) is 0 Å². The Morgan fingerprint density at radius 3 is 2.48 bits per heavy atom. The average molecular weight is 346 g/mol. The van der Waals surface area contributed by atoms with Gasteiger partial charge in [-0.25, -0.2) is 8.42 Å². The zero-order valence-corrected chi connectivity index (χ0v) is 16.3. The summed E-state index contributed by atoms with van der Waals surface area (Å²) in [6, 6.07) is 0.450. The highest BCUT2D eigenvalue weighted by atomic mass is 32.2. The molecule has 1 rings (SSSR count). The SMILES string of the molecule is CCNC(=NCCS(=O)(=O)C(C)(C)C)NC1CCCC(CC)C1. The molecule has 0 spiro atoms. The number of aliphatic imine (C=N–C) groups is 1. The second-order valence-electron chi connectivity index (χ2n) is 7.47. The summed E-state index contributed by atoms with van der Waals surface area (Å²) < 4.78 is 23.6. The molecule has 5 nitrogen and oxygen atoms in total. The Kier molecular flexibility index (Phi) is 7.84. The molecular formula is C17H35N3O2S. The quantitative estimate of drug-likeness (QED) is 0.573. The largest absolute Gasteiger partial charge is 0.357 e. The lowest BCUT2D eigenvalue weighted by Gasteiger charge is -2.30. The van der Waals surface area contributed by atoms with Crippen molar-refractivity contribution in [3.63, 3.8) is 0 Å². The summed E-state index contributed by atoms with van der Waals surface area (Å²) in [5.74, 6) is 1.64. The lowest BCUT2D eigenvalue weighted by Crippen LogP contribution is -2.45. The summed E-state index contributed by atoms with van der Waals surface area (Å²) >= 11 is 0. The van der Waals surface area contributed by atoms with Crippen LogP contribution in [0.4, 0.5) is 0 Å². The number of sulfone groups is 1. The molecule has 23 heavy (non-hydrogen) atoms. The fourth-order valence-corrected chi connectivity index (χ4v) is 3.83. The molecule has 6 heteroatoms. The maximum atomic E-state index is 12.2. The van der Waals surface area contributed by atoms with E-state index in [1.54, 1.807) is 20.8 Å². The van der Waals surface area contributed by atoms with Crippen molar-refractivity contribution in [2.24, 2.45) is 10.9 Å². The average Bonchev–Trinajstić information content (AvgIpc) is 2.46. The second kappa shape index (κ2) is 8.90. The van der Waals surface area contributed by atoms with Gasteiger partial charge in [-0.05, 0) is 46.5 Å². The Labute approximate surface area is 142 Å². The van der Waals surface area contributed by atoms with Crippen LogP contribution in [0.25, 0.3) is 0 Å². The minimum Gasteiger partial charge on any atom is -0.357 e. The van der Waals surface area contributed by atoms with Crippen LogP contribution in [0.3, 0.4) is 0 Å². The van der Waals surface area contributed by atoms with Crippen molar-refractivity contribution in [3.05, 3.63) is 0 Å². The van der Waals surface area contributed by atoms with Crippen molar-refractivity contribution in [1.82, 2.24) is 10.6 Å². The van der Waals surface area contributed by atoms with Gasteiger partial charge in [0.2, 0.25) is 0 Å². The van der Waals surface area contributed by atoms with E-state index in [9.17, 15) is 8.42 Å². The molecule has 1 aliphatic carbocycles. The van der Waals surface area contributed by atoms with Gasteiger partial charge in [-0.2, -0.15) is 0 Å². The van der Waals surface area contributed by atoms with Crippen LogP contribution in [0, 0.1) is 5.92 Å². The van der Waals surface area contributed by atoms with Crippen LogP contribution in [0.1, 0.15) is 66.7 Å². The van der Waals surface area contributed by atoms with Crippen LogP contribution < -0.4 is 10.6 Å². The number of hydrogen-bond donors (Lipinski definition) is 2. The molecule has 0 heterocycles. The highest BCUT2D eigenvalue weighted by Gasteiger charge is 2.28. The van der Waals surface area contributed by atoms with Gasteiger partial charge >= 0.3 is 0 Å². The van der Waals surface area contributed by atoms with E-state index < -0.39 is 14.6 Å². The summed E-state index contributed by atoms with van der Waals surface area (Å²) in [6.07, 6.45) is 6.16. The molecule has 0 amide bonds. The molecule has 136 valence electrons. The standard InChI is InChI=1S/C17H35N3O2S/c1-6-14-9-8-10-15(13-14)20-16(18-7-2)19-11-12-23(21,22)17(3,4)5/h14-15H,6-13H2,1-5H3,(H2,18,19,20). The zero-order chi connectivity index (χ0) is 17.5. The lowest BCUT2D eigenvalue weighted by atomic mass is 9.84. The molecular weight excluding hydrogens is 310 g/mol. The molecule has 2 atom stereocenters. The summed E-state index contributed by atoms with van der Waals surface area (Å²) in [6.45, 7) is 10.6. The Morgan fingerprint density at radius 1 is 1.22 bits per heavy atom. The van der Waals surface area contributed by atoms with Gasteiger partial charge in [-0.15, -0.1) is 0 Å². The van der Waals surface area contributed by atoms with Gasteiger partial charge in [0.15, 0.2) is 15.8 Å². The van der Waals surface area contributed by atoms with Gasteiger partial charge in [0.1, 0.15) is 0 Å². The van der Waals surface area contributed by atoms with E-state index in [0.29, 0.717) is 12.6 Å². The lowest BCUT2D eigenvalue weighted by molar-refractivity contribution is 0.298. The predicted octanol–water partition coefficient (Wildman–Crippen LogP) is 2.72. The minimum absolute atomic E-state index is 0.0926. The third-order valence-corrected chi connectivity index (χ3v) is 7.19. The molecule has 0 aromatic heterocycles. The number of rotatable bonds is 6. The molecule has 0 aromatic rings. The van der Waals surface area contributed by atoms with Gasteiger partial charge in [0.25, 0.3) is 0 Å². The van der Waals surface area contributed by atoms with Crippen molar-refractivity contribution in [2.45, 2.75) is 77.5 Å². The molecule has 0 radical (unpaired) electrons. The van der Waals surface area contributed by atoms with E-state index in [-0.39, 0.29) is 5.75 Å². The summed E-state index contributed by atoms with van der Waals surface area (Å²) in [4.78, 5) is 4.47. The van der Waals surface area contributed by atoms with Crippen molar-refractivity contribution < 1.29 is 8.42 Å². The minimum atomic E-state index is -3.12. The molecule has 2 N–H and O–H groups in total. The molecule has 1 saturated carbocycles. The molecule has 0 aromatic carbocycles. The van der Waals surface area contributed by atoms with E-state index in [4.69, 9.17) is 0 Å². The second-order valence-corrected chi connectivity index (χ2v) is 10.3. The van der Waals surface area contributed by atoms with Crippen molar-refractivity contribution >= 4 is 15.8 Å². The molecule has 0 bridgehead atoms. The highest BCUT2D eigenvalue weighted by molar-refractivity contribution is 7.92. The van der Waals surface area contributed by atoms with Gasteiger partial charge < -0.3 is 10.6 Å². The molecule has 1 aliphatic rings. The van der Waals surface area contributed by atoms with Crippen LogP contribution in [0.15, 0.2) is 4.99 Å². The van der Waals surface area contributed by atoms with E-state index in [2.05, 4.69) is 22.5 Å². The molecule has 2 unspecified atom stereocenters. The smallest absolute Gasteiger partial charge is 0.191 e. The Balaban J connectivity index is 2.60. The number of nitrogens with one attached hydrogen (secondary N) is 2. The van der Waals surface area contributed by atoms with E-state index in [0.717, 1.165) is 18.4 Å². The van der Waals surface area contributed by atoms with Crippen LogP contribution in [-0.4, -0.2) is 44.0 Å². The van der Waals surface area contributed by atoms with Crippen molar-refractivity contribution in [2.75, 3.05) is 18.8 Å². The maximum absolute atomic E-state index is 12.2. The van der Waals surface area contributed by atoms with Crippen molar-refractivity contribution in [1.29, 1.82) is 0 Å². The summed E-state index contributed by atoms with van der Waals surface area (Å²) in [5, 5.41) is 6.72. The Morgan fingerprint density at radius 2 is 1.91 bits per heavy atom. The predicted molar refractivity (Wildman–Crippen MR) is 98.7 cm³/mol. The van der Waals surface area contributed by atoms with Crippen LogP contribution >= 0.6 is 0 Å². The number of guanidine groups is 1. The van der Waals surface area contributed by atoms with Crippen LogP contribution in [0.5, 0.6) is 0 Å². The van der Waals surface area contributed by atoms with Gasteiger partial charge in [-0.1, -0.05) is 26.2 Å². The number of nitrogens with zero attached hydrogens (tertiary/aromatic N) is 1. The Bertz CT molecular complexity index is 481. The third kappa shape index (κ3) is 6.69. The summed E-state index contributed by atoms with van der Waals surface area (Å²) in [5.41, 5.74) is 0.